The Labute approximate surface area is 123 Å². The summed E-state index contributed by atoms with van der Waals surface area (Å²) < 4.78 is 23.6. The topological polar surface area (TPSA) is 50.3 Å². The van der Waals surface area contributed by atoms with Crippen LogP contribution in [0.3, 0.4) is 0 Å². The molecule has 1 aromatic heterocycles. The highest BCUT2D eigenvalue weighted by molar-refractivity contribution is 7.92. The first-order valence-corrected chi connectivity index (χ1v) is 8.55. The summed E-state index contributed by atoms with van der Waals surface area (Å²) in [6, 6.07) is 3.49. The van der Waals surface area contributed by atoms with Crippen molar-refractivity contribution in [2.24, 2.45) is 0 Å². The standard InChI is InChI=1S/C12H16Cl2N2O2S/c1-8-9(2)19(17,18)6-5-16(8)7-10-3-4-11(13)15-12(10)14/h3-4,8-9H,5-7H2,1-2H3/t8-,9+/m1/s1. The summed E-state index contributed by atoms with van der Waals surface area (Å²) in [6.45, 7) is 4.79. The lowest BCUT2D eigenvalue weighted by atomic mass is 10.1. The molecule has 2 heterocycles. The summed E-state index contributed by atoms with van der Waals surface area (Å²) in [4.78, 5) is 6.11. The van der Waals surface area contributed by atoms with E-state index in [0.29, 0.717) is 23.4 Å². The summed E-state index contributed by atoms with van der Waals surface area (Å²) >= 11 is 11.8. The molecule has 7 heteroatoms. The summed E-state index contributed by atoms with van der Waals surface area (Å²) in [7, 11) is -2.96. The Balaban J connectivity index is 2.16. The van der Waals surface area contributed by atoms with E-state index in [0.717, 1.165) is 5.56 Å². The van der Waals surface area contributed by atoms with Crippen molar-refractivity contribution in [3.8, 4) is 0 Å². The van der Waals surface area contributed by atoms with E-state index in [9.17, 15) is 8.42 Å². The number of aromatic nitrogens is 1. The van der Waals surface area contributed by atoms with E-state index in [4.69, 9.17) is 23.2 Å². The Kier molecular flexibility index (Phi) is 4.40. The molecule has 0 amide bonds. The first-order chi connectivity index (χ1) is 8.81. The van der Waals surface area contributed by atoms with Gasteiger partial charge in [0.15, 0.2) is 9.84 Å². The van der Waals surface area contributed by atoms with E-state index >= 15 is 0 Å². The second kappa shape index (κ2) is 5.56. The molecule has 0 unspecified atom stereocenters. The maximum atomic E-state index is 11.8. The van der Waals surface area contributed by atoms with Crippen LogP contribution in [0.25, 0.3) is 0 Å². The van der Waals surface area contributed by atoms with Gasteiger partial charge in [-0.15, -0.1) is 0 Å². The van der Waals surface area contributed by atoms with Crippen molar-refractivity contribution >= 4 is 33.0 Å². The molecule has 1 aliphatic rings. The molecule has 0 saturated carbocycles. The molecule has 4 nitrogen and oxygen atoms in total. The predicted octanol–water partition coefficient (Wildman–Crippen LogP) is 2.40. The maximum Gasteiger partial charge on any atom is 0.155 e. The normalized spacial score (nSPS) is 27.4. The second-order valence-corrected chi connectivity index (χ2v) is 8.09. The fourth-order valence-electron chi connectivity index (χ4n) is 2.23. The van der Waals surface area contributed by atoms with Gasteiger partial charge in [-0.25, -0.2) is 13.4 Å². The molecule has 1 aliphatic heterocycles. The zero-order valence-electron chi connectivity index (χ0n) is 10.8. The summed E-state index contributed by atoms with van der Waals surface area (Å²) in [6.07, 6.45) is 0. The van der Waals surface area contributed by atoms with Crippen LogP contribution in [0.5, 0.6) is 0 Å². The van der Waals surface area contributed by atoms with Gasteiger partial charge in [-0.3, -0.25) is 4.90 Å². The maximum absolute atomic E-state index is 11.8. The van der Waals surface area contributed by atoms with E-state index < -0.39 is 9.84 Å². The molecule has 0 radical (unpaired) electrons. The summed E-state index contributed by atoms with van der Waals surface area (Å²) in [5.41, 5.74) is 0.865. The van der Waals surface area contributed by atoms with Crippen LogP contribution in [-0.2, 0) is 16.4 Å². The van der Waals surface area contributed by atoms with Crippen molar-refractivity contribution in [3.05, 3.63) is 28.0 Å². The zero-order valence-corrected chi connectivity index (χ0v) is 13.1. The molecule has 0 bridgehead atoms. The van der Waals surface area contributed by atoms with Crippen LogP contribution >= 0.6 is 23.2 Å². The number of hydrogen-bond acceptors (Lipinski definition) is 4. The van der Waals surface area contributed by atoms with E-state index in [1.165, 1.54) is 0 Å². The molecule has 1 saturated heterocycles. The minimum absolute atomic E-state index is 0.0366. The third-order valence-electron chi connectivity index (χ3n) is 3.75. The molecule has 106 valence electrons. The van der Waals surface area contributed by atoms with E-state index in [2.05, 4.69) is 9.88 Å². The number of hydrogen-bond donors (Lipinski definition) is 0. The van der Waals surface area contributed by atoms with Gasteiger partial charge >= 0.3 is 0 Å². The molecule has 0 aliphatic carbocycles. The molecule has 0 N–H and O–H groups in total. The van der Waals surface area contributed by atoms with Crippen LogP contribution < -0.4 is 0 Å². The largest absolute Gasteiger partial charge is 0.294 e. The number of pyridine rings is 1. The molecule has 2 rings (SSSR count). The minimum atomic E-state index is -2.96. The smallest absolute Gasteiger partial charge is 0.155 e. The molecule has 0 spiro atoms. The number of halogens is 2. The molecule has 1 aromatic rings. The molecule has 0 aromatic carbocycles. The highest BCUT2D eigenvalue weighted by atomic mass is 35.5. The number of rotatable bonds is 2. The molecular weight excluding hydrogens is 307 g/mol. The monoisotopic (exact) mass is 322 g/mol. The van der Waals surface area contributed by atoms with Crippen molar-refractivity contribution in [1.29, 1.82) is 0 Å². The Morgan fingerprint density at radius 2 is 2.05 bits per heavy atom. The summed E-state index contributed by atoms with van der Waals surface area (Å²) in [5.74, 6) is 0.192. The van der Waals surface area contributed by atoms with E-state index in [1.807, 2.05) is 13.0 Å². The van der Waals surface area contributed by atoms with Crippen molar-refractivity contribution in [1.82, 2.24) is 9.88 Å². The Morgan fingerprint density at radius 3 is 2.68 bits per heavy atom. The minimum Gasteiger partial charge on any atom is -0.294 e. The van der Waals surface area contributed by atoms with Crippen molar-refractivity contribution in [3.63, 3.8) is 0 Å². The van der Waals surface area contributed by atoms with Crippen molar-refractivity contribution in [2.45, 2.75) is 31.7 Å². The average Bonchev–Trinajstić information content (AvgIpc) is 2.33. The third kappa shape index (κ3) is 3.21. The van der Waals surface area contributed by atoms with Gasteiger partial charge in [0.05, 0.1) is 11.0 Å². The fraction of sp³-hybridized carbons (Fsp3) is 0.583. The van der Waals surface area contributed by atoms with Crippen LogP contribution in [0.4, 0.5) is 0 Å². The molecule has 1 fully saturated rings. The first-order valence-electron chi connectivity index (χ1n) is 6.08. The summed E-state index contributed by atoms with van der Waals surface area (Å²) in [5, 5.41) is 0.373. The Morgan fingerprint density at radius 1 is 1.37 bits per heavy atom. The van der Waals surface area contributed by atoms with Crippen LogP contribution in [0.15, 0.2) is 12.1 Å². The Hall–Kier alpha value is -0.360. The van der Waals surface area contributed by atoms with Gasteiger partial charge in [0, 0.05) is 24.7 Å². The lowest BCUT2D eigenvalue weighted by Gasteiger charge is -2.37. The lowest BCUT2D eigenvalue weighted by molar-refractivity contribution is 0.197. The number of nitrogens with zero attached hydrogens (tertiary/aromatic N) is 2. The van der Waals surface area contributed by atoms with Crippen molar-refractivity contribution in [2.75, 3.05) is 12.3 Å². The van der Waals surface area contributed by atoms with Gasteiger partial charge in [0.25, 0.3) is 0 Å². The molecule has 2 atom stereocenters. The Bertz CT molecular complexity index is 577. The van der Waals surface area contributed by atoms with Crippen molar-refractivity contribution < 1.29 is 8.42 Å². The second-order valence-electron chi connectivity index (χ2n) is 4.87. The predicted molar refractivity (Wildman–Crippen MR) is 77.4 cm³/mol. The van der Waals surface area contributed by atoms with E-state index in [1.54, 1.807) is 13.0 Å². The molecule has 19 heavy (non-hydrogen) atoms. The average molecular weight is 323 g/mol. The van der Waals surface area contributed by atoms with Crippen LogP contribution in [0, 0.1) is 0 Å². The molecular formula is C12H16Cl2N2O2S. The quantitative estimate of drug-likeness (QED) is 0.784. The van der Waals surface area contributed by atoms with Gasteiger partial charge in [0.1, 0.15) is 10.3 Å². The van der Waals surface area contributed by atoms with Crippen LogP contribution in [-0.4, -0.2) is 41.9 Å². The van der Waals surface area contributed by atoms with Gasteiger partial charge in [-0.05, 0) is 19.9 Å². The van der Waals surface area contributed by atoms with Gasteiger partial charge in [0.2, 0.25) is 0 Å². The fourth-order valence-corrected chi connectivity index (χ4v) is 4.27. The first kappa shape index (κ1) is 15.0. The van der Waals surface area contributed by atoms with E-state index in [-0.39, 0.29) is 17.0 Å². The van der Waals surface area contributed by atoms with Gasteiger partial charge < -0.3 is 0 Å². The van der Waals surface area contributed by atoms with Crippen LogP contribution in [0.1, 0.15) is 19.4 Å². The third-order valence-corrected chi connectivity index (χ3v) is 6.57. The van der Waals surface area contributed by atoms with Gasteiger partial charge in [-0.2, -0.15) is 0 Å². The van der Waals surface area contributed by atoms with Crippen LogP contribution in [0.2, 0.25) is 10.3 Å². The zero-order chi connectivity index (χ0) is 14.2. The number of sulfone groups is 1. The van der Waals surface area contributed by atoms with Gasteiger partial charge in [-0.1, -0.05) is 29.3 Å². The highest BCUT2D eigenvalue weighted by Crippen LogP contribution is 2.24. The lowest BCUT2D eigenvalue weighted by Crippen LogP contribution is -2.51. The SMILES string of the molecule is C[C@@H]1[C@H](C)S(=O)(=O)CCN1Cc1ccc(Cl)nc1Cl. The highest BCUT2D eigenvalue weighted by Gasteiger charge is 2.35.